The highest BCUT2D eigenvalue weighted by molar-refractivity contribution is 6.31. The van der Waals surface area contributed by atoms with Crippen molar-refractivity contribution in [3.05, 3.63) is 22.7 Å². The summed E-state index contributed by atoms with van der Waals surface area (Å²) in [4.78, 5) is 2.37. The first-order valence-corrected chi connectivity index (χ1v) is 6.46. The molecule has 1 fully saturated rings. The fourth-order valence-electron chi connectivity index (χ4n) is 2.13. The Morgan fingerprint density at radius 1 is 1.22 bits per heavy atom. The molecular weight excluding hydrogens is 252 g/mol. The van der Waals surface area contributed by atoms with Crippen molar-refractivity contribution in [3.8, 4) is 11.5 Å². The van der Waals surface area contributed by atoms with Gasteiger partial charge in [0.15, 0.2) is 0 Å². The van der Waals surface area contributed by atoms with Gasteiger partial charge in [0.1, 0.15) is 11.5 Å². The number of ether oxygens (including phenoxy) is 2. The molecule has 1 aromatic carbocycles. The quantitative estimate of drug-likeness (QED) is 0.904. The van der Waals surface area contributed by atoms with Gasteiger partial charge in [0.05, 0.1) is 19.2 Å². The van der Waals surface area contributed by atoms with Gasteiger partial charge >= 0.3 is 0 Å². The van der Waals surface area contributed by atoms with Crippen LogP contribution in [0.4, 0.5) is 0 Å². The lowest BCUT2D eigenvalue weighted by molar-refractivity contribution is 0.230. The predicted molar refractivity (Wildman–Crippen MR) is 72.7 cm³/mol. The molecule has 4 nitrogen and oxygen atoms in total. The first-order chi connectivity index (χ1) is 8.74. The van der Waals surface area contributed by atoms with Crippen LogP contribution in [0.25, 0.3) is 0 Å². The summed E-state index contributed by atoms with van der Waals surface area (Å²) >= 11 is 6.31. The molecule has 0 bridgehead atoms. The first kappa shape index (κ1) is 13.5. The van der Waals surface area contributed by atoms with Crippen LogP contribution < -0.4 is 14.8 Å². The maximum absolute atomic E-state index is 6.31. The van der Waals surface area contributed by atoms with Crippen LogP contribution in [-0.4, -0.2) is 45.3 Å². The molecule has 0 unspecified atom stereocenters. The summed E-state index contributed by atoms with van der Waals surface area (Å²) in [5.74, 6) is 1.51. The van der Waals surface area contributed by atoms with Gasteiger partial charge in [-0.25, -0.2) is 0 Å². The Balaban J connectivity index is 2.19. The highest BCUT2D eigenvalue weighted by Gasteiger charge is 2.16. The molecule has 100 valence electrons. The second-order valence-electron chi connectivity index (χ2n) is 4.32. The van der Waals surface area contributed by atoms with E-state index in [2.05, 4.69) is 10.2 Å². The van der Waals surface area contributed by atoms with Crippen LogP contribution in [0.5, 0.6) is 11.5 Å². The van der Waals surface area contributed by atoms with E-state index in [-0.39, 0.29) is 0 Å². The molecule has 0 spiro atoms. The van der Waals surface area contributed by atoms with Crippen molar-refractivity contribution < 1.29 is 9.47 Å². The van der Waals surface area contributed by atoms with Crippen LogP contribution in [0.1, 0.15) is 5.56 Å². The fourth-order valence-corrected chi connectivity index (χ4v) is 2.39. The Hall–Kier alpha value is -0.970. The molecule has 0 aromatic heterocycles. The maximum atomic E-state index is 6.31. The van der Waals surface area contributed by atoms with Gasteiger partial charge in [0, 0.05) is 44.4 Å². The number of methoxy groups -OCH3 is 2. The highest BCUT2D eigenvalue weighted by Crippen LogP contribution is 2.33. The Labute approximate surface area is 113 Å². The zero-order valence-electron chi connectivity index (χ0n) is 10.8. The largest absolute Gasteiger partial charge is 0.497 e. The minimum absolute atomic E-state index is 0.699. The minimum atomic E-state index is 0.699. The Bertz CT molecular complexity index is 406. The smallest absolute Gasteiger partial charge is 0.128 e. The number of piperazine rings is 1. The predicted octanol–water partition coefficient (Wildman–Crippen LogP) is 1.76. The van der Waals surface area contributed by atoms with E-state index in [1.54, 1.807) is 14.2 Å². The molecule has 0 aliphatic carbocycles. The lowest BCUT2D eigenvalue weighted by atomic mass is 10.1. The molecule has 0 atom stereocenters. The minimum Gasteiger partial charge on any atom is -0.497 e. The van der Waals surface area contributed by atoms with Crippen molar-refractivity contribution in [3.63, 3.8) is 0 Å². The molecule has 1 saturated heterocycles. The molecule has 1 aromatic rings. The SMILES string of the molecule is COc1cc(Cl)c(CN2CCNCC2)c(OC)c1. The van der Waals surface area contributed by atoms with E-state index in [0.717, 1.165) is 49.8 Å². The normalized spacial score (nSPS) is 16.6. The van der Waals surface area contributed by atoms with Crippen LogP contribution in [-0.2, 0) is 6.54 Å². The number of nitrogens with zero attached hydrogens (tertiary/aromatic N) is 1. The van der Waals surface area contributed by atoms with E-state index in [1.165, 1.54) is 0 Å². The Kier molecular flexibility index (Phi) is 4.69. The summed E-state index contributed by atoms with van der Waals surface area (Å²) in [6.45, 7) is 4.93. The van der Waals surface area contributed by atoms with Crippen molar-refractivity contribution in [2.75, 3.05) is 40.4 Å². The number of benzene rings is 1. The van der Waals surface area contributed by atoms with E-state index in [1.807, 2.05) is 12.1 Å². The van der Waals surface area contributed by atoms with Crippen molar-refractivity contribution in [1.82, 2.24) is 10.2 Å². The number of hydrogen-bond donors (Lipinski definition) is 1. The van der Waals surface area contributed by atoms with Crippen LogP contribution in [0, 0.1) is 0 Å². The number of nitrogens with one attached hydrogen (secondary N) is 1. The molecule has 5 heteroatoms. The van der Waals surface area contributed by atoms with Crippen molar-refractivity contribution >= 4 is 11.6 Å². The zero-order valence-corrected chi connectivity index (χ0v) is 11.6. The Morgan fingerprint density at radius 3 is 2.56 bits per heavy atom. The van der Waals surface area contributed by atoms with Gasteiger partial charge in [-0.3, -0.25) is 4.90 Å². The molecule has 1 aliphatic rings. The molecule has 1 N–H and O–H groups in total. The van der Waals surface area contributed by atoms with Gasteiger partial charge < -0.3 is 14.8 Å². The van der Waals surface area contributed by atoms with Crippen molar-refractivity contribution in [2.24, 2.45) is 0 Å². The van der Waals surface area contributed by atoms with E-state index in [0.29, 0.717) is 5.02 Å². The number of halogens is 1. The summed E-state index contributed by atoms with van der Waals surface area (Å²) in [6.07, 6.45) is 0. The summed E-state index contributed by atoms with van der Waals surface area (Å²) < 4.78 is 10.6. The van der Waals surface area contributed by atoms with Crippen LogP contribution in [0.15, 0.2) is 12.1 Å². The monoisotopic (exact) mass is 270 g/mol. The molecule has 1 heterocycles. The van der Waals surface area contributed by atoms with Gasteiger partial charge in [0.2, 0.25) is 0 Å². The maximum Gasteiger partial charge on any atom is 0.128 e. The standard InChI is InChI=1S/C13H19ClN2O2/c1-17-10-7-12(14)11(13(8-10)18-2)9-16-5-3-15-4-6-16/h7-8,15H,3-6,9H2,1-2H3. The molecule has 1 aliphatic heterocycles. The second kappa shape index (κ2) is 6.27. The third-order valence-corrected chi connectivity index (χ3v) is 3.51. The van der Waals surface area contributed by atoms with Gasteiger partial charge in [-0.2, -0.15) is 0 Å². The average molecular weight is 271 g/mol. The highest BCUT2D eigenvalue weighted by atomic mass is 35.5. The molecule has 2 rings (SSSR count). The van der Waals surface area contributed by atoms with Gasteiger partial charge in [0.25, 0.3) is 0 Å². The van der Waals surface area contributed by atoms with Crippen molar-refractivity contribution in [1.29, 1.82) is 0 Å². The van der Waals surface area contributed by atoms with E-state index >= 15 is 0 Å². The first-order valence-electron chi connectivity index (χ1n) is 6.08. The topological polar surface area (TPSA) is 33.7 Å². The summed E-state index contributed by atoms with van der Waals surface area (Å²) in [7, 11) is 3.29. The second-order valence-corrected chi connectivity index (χ2v) is 4.72. The van der Waals surface area contributed by atoms with Gasteiger partial charge in [-0.1, -0.05) is 11.6 Å². The van der Waals surface area contributed by atoms with Gasteiger partial charge in [-0.05, 0) is 6.07 Å². The number of hydrogen-bond acceptors (Lipinski definition) is 4. The average Bonchev–Trinajstić information content (AvgIpc) is 2.42. The lowest BCUT2D eigenvalue weighted by Crippen LogP contribution is -2.42. The molecule has 0 amide bonds. The van der Waals surface area contributed by atoms with Crippen LogP contribution in [0.3, 0.4) is 0 Å². The summed E-state index contributed by atoms with van der Waals surface area (Å²) in [5.41, 5.74) is 1.03. The fraction of sp³-hybridized carbons (Fsp3) is 0.538. The summed E-state index contributed by atoms with van der Waals surface area (Å²) in [5, 5.41) is 4.03. The van der Waals surface area contributed by atoms with E-state index in [4.69, 9.17) is 21.1 Å². The van der Waals surface area contributed by atoms with E-state index < -0.39 is 0 Å². The van der Waals surface area contributed by atoms with Crippen LogP contribution in [0.2, 0.25) is 5.02 Å². The molecule has 18 heavy (non-hydrogen) atoms. The van der Waals surface area contributed by atoms with E-state index in [9.17, 15) is 0 Å². The Morgan fingerprint density at radius 2 is 1.94 bits per heavy atom. The lowest BCUT2D eigenvalue weighted by Gasteiger charge is -2.28. The molecule has 0 radical (unpaired) electrons. The molecule has 0 saturated carbocycles. The third kappa shape index (κ3) is 3.07. The van der Waals surface area contributed by atoms with Gasteiger partial charge in [-0.15, -0.1) is 0 Å². The number of rotatable bonds is 4. The summed E-state index contributed by atoms with van der Waals surface area (Å²) in [6, 6.07) is 3.71. The third-order valence-electron chi connectivity index (χ3n) is 3.18. The van der Waals surface area contributed by atoms with Crippen LogP contribution >= 0.6 is 11.6 Å². The molecular formula is C13H19ClN2O2. The zero-order chi connectivity index (χ0) is 13.0. The van der Waals surface area contributed by atoms with Crippen molar-refractivity contribution in [2.45, 2.75) is 6.54 Å².